The van der Waals surface area contributed by atoms with Gasteiger partial charge in [0.05, 0.1) is 13.1 Å². The van der Waals surface area contributed by atoms with E-state index in [0.717, 1.165) is 24.3 Å². The molecule has 0 aromatic carbocycles. The molecular weight excluding hydrogens is 282 g/mol. The first-order chi connectivity index (χ1) is 10.4. The summed E-state index contributed by atoms with van der Waals surface area (Å²) < 4.78 is 4.48. The Morgan fingerprint density at radius 3 is 2.45 bits per heavy atom. The molecule has 0 saturated carbocycles. The fourth-order valence-corrected chi connectivity index (χ4v) is 3.81. The number of hydrogen-bond acceptors (Lipinski definition) is 3. The average Bonchev–Trinajstić information content (AvgIpc) is 2.85. The molecule has 0 amide bonds. The first-order valence-corrected chi connectivity index (χ1v) is 7.83. The summed E-state index contributed by atoms with van der Waals surface area (Å²) in [6.07, 6.45) is 2.95. The first-order valence-electron chi connectivity index (χ1n) is 7.83. The third-order valence-corrected chi connectivity index (χ3v) is 4.69. The Kier molecular flexibility index (Phi) is 3.68. The van der Waals surface area contributed by atoms with Gasteiger partial charge < -0.3 is 4.90 Å². The van der Waals surface area contributed by atoms with Crippen LogP contribution in [0.3, 0.4) is 0 Å². The highest BCUT2D eigenvalue weighted by Gasteiger charge is 2.26. The lowest BCUT2D eigenvalue weighted by atomic mass is 9.92. The number of rotatable bonds is 2. The number of likely N-dealkylation sites (tertiary alicyclic amines) is 1. The Balaban J connectivity index is 2.02. The maximum atomic E-state index is 12.4. The molecule has 22 heavy (non-hydrogen) atoms. The van der Waals surface area contributed by atoms with E-state index in [-0.39, 0.29) is 11.2 Å². The fourth-order valence-electron chi connectivity index (χ4n) is 3.81. The number of fused-ring (bicyclic) bond motifs is 1. The van der Waals surface area contributed by atoms with Crippen LogP contribution in [0.25, 0.3) is 11.2 Å². The van der Waals surface area contributed by atoms with Gasteiger partial charge in [0.15, 0.2) is 17.8 Å². The Morgan fingerprint density at radius 2 is 1.82 bits per heavy atom. The second-order valence-corrected chi connectivity index (χ2v) is 6.85. The zero-order valence-corrected chi connectivity index (χ0v) is 13.7. The van der Waals surface area contributed by atoms with E-state index in [2.05, 4.69) is 18.8 Å². The van der Waals surface area contributed by atoms with Crippen molar-refractivity contribution < 1.29 is 4.90 Å². The number of aryl methyl sites for hydroxylation is 1. The number of piperidine rings is 1. The van der Waals surface area contributed by atoms with Gasteiger partial charge in [0, 0.05) is 25.9 Å². The molecule has 1 aliphatic rings. The van der Waals surface area contributed by atoms with Gasteiger partial charge in [-0.15, -0.1) is 0 Å². The van der Waals surface area contributed by atoms with Crippen LogP contribution in [0.15, 0.2) is 15.9 Å². The summed E-state index contributed by atoms with van der Waals surface area (Å²) in [4.78, 5) is 30.1. The summed E-state index contributed by atoms with van der Waals surface area (Å²) >= 11 is 0. The van der Waals surface area contributed by atoms with E-state index in [0.29, 0.717) is 23.0 Å². The highest BCUT2D eigenvalue weighted by Crippen LogP contribution is 2.12. The predicted molar refractivity (Wildman–Crippen MR) is 83.9 cm³/mol. The zero-order chi connectivity index (χ0) is 16.0. The summed E-state index contributed by atoms with van der Waals surface area (Å²) in [5.41, 5.74) is 0.372. The molecule has 120 valence electrons. The minimum Gasteiger partial charge on any atom is -0.317 e. The molecule has 7 nitrogen and oxygen atoms in total. The van der Waals surface area contributed by atoms with Crippen LogP contribution in [0.4, 0.5) is 0 Å². The van der Waals surface area contributed by atoms with E-state index in [1.54, 1.807) is 13.4 Å². The van der Waals surface area contributed by atoms with Crippen LogP contribution >= 0.6 is 0 Å². The Labute approximate surface area is 128 Å². The van der Waals surface area contributed by atoms with Gasteiger partial charge in [-0.05, 0) is 6.42 Å². The lowest BCUT2D eigenvalue weighted by Crippen LogP contribution is -3.13. The van der Waals surface area contributed by atoms with E-state index in [9.17, 15) is 9.59 Å². The van der Waals surface area contributed by atoms with Crippen molar-refractivity contribution in [3.8, 4) is 0 Å². The second-order valence-electron chi connectivity index (χ2n) is 6.85. The molecule has 2 aromatic rings. The molecule has 3 atom stereocenters. The molecule has 1 fully saturated rings. The van der Waals surface area contributed by atoms with Gasteiger partial charge in [-0.1, -0.05) is 13.8 Å². The monoisotopic (exact) mass is 306 g/mol. The molecule has 3 rings (SSSR count). The van der Waals surface area contributed by atoms with Crippen LogP contribution in [0.5, 0.6) is 0 Å². The number of nitrogens with one attached hydrogen (secondary N) is 1. The zero-order valence-electron chi connectivity index (χ0n) is 13.7. The molecular formula is C15H24N5O2+. The van der Waals surface area contributed by atoms with E-state index in [4.69, 9.17) is 0 Å². The smallest absolute Gasteiger partial charge is 0.317 e. The second kappa shape index (κ2) is 5.39. The maximum Gasteiger partial charge on any atom is 0.332 e. The summed E-state index contributed by atoms with van der Waals surface area (Å²) in [5.74, 6) is 1.39. The average molecular weight is 306 g/mol. The number of aromatic nitrogens is 4. The highest BCUT2D eigenvalue weighted by atomic mass is 16.2. The van der Waals surface area contributed by atoms with Gasteiger partial charge in [-0.25, -0.2) is 9.78 Å². The molecule has 1 saturated heterocycles. The molecule has 0 aliphatic carbocycles. The summed E-state index contributed by atoms with van der Waals surface area (Å²) in [5, 5.41) is 0. The molecule has 2 aromatic heterocycles. The number of imidazole rings is 1. The Hall–Kier alpha value is -1.89. The fraction of sp³-hybridized carbons (Fsp3) is 0.667. The molecule has 1 N–H and O–H groups in total. The standard InChI is InChI=1S/C15H23N5O2/c1-10-5-11(2)7-19(6-10)9-20-8-16-13-12(20)14(21)18(4)15(22)17(13)3/h8,10-11H,5-7,9H2,1-4H3/p+1/t10-,11+. The van der Waals surface area contributed by atoms with Gasteiger partial charge in [0.2, 0.25) is 0 Å². The van der Waals surface area contributed by atoms with Gasteiger partial charge in [0.25, 0.3) is 5.56 Å². The molecule has 7 heteroatoms. The first kappa shape index (κ1) is 15.0. The highest BCUT2D eigenvalue weighted by molar-refractivity contribution is 5.69. The van der Waals surface area contributed by atoms with E-state index in [1.807, 2.05) is 4.57 Å². The SMILES string of the molecule is C[C@@H]1C[C@H](C)C[NH+](Cn2cnc3c2c(=O)n(C)c(=O)n3C)C1. The van der Waals surface area contributed by atoms with Gasteiger partial charge in [-0.2, -0.15) is 0 Å². The van der Waals surface area contributed by atoms with E-state index < -0.39 is 0 Å². The number of quaternary nitrogens is 1. The van der Waals surface area contributed by atoms with Crippen molar-refractivity contribution >= 4 is 11.2 Å². The topological polar surface area (TPSA) is 66.3 Å². The van der Waals surface area contributed by atoms with Gasteiger partial charge in [-0.3, -0.25) is 18.5 Å². The Morgan fingerprint density at radius 1 is 1.18 bits per heavy atom. The molecule has 0 bridgehead atoms. The molecule has 0 radical (unpaired) electrons. The maximum absolute atomic E-state index is 12.4. The van der Waals surface area contributed by atoms with E-state index in [1.165, 1.54) is 22.9 Å². The van der Waals surface area contributed by atoms with Crippen molar-refractivity contribution in [3.63, 3.8) is 0 Å². The molecule has 3 heterocycles. The van der Waals surface area contributed by atoms with Crippen LogP contribution in [0.2, 0.25) is 0 Å². The van der Waals surface area contributed by atoms with Crippen molar-refractivity contribution in [2.45, 2.75) is 26.9 Å². The minimum atomic E-state index is -0.338. The molecule has 1 unspecified atom stereocenters. The number of nitrogens with zero attached hydrogens (tertiary/aromatic N) is 4. The molecule has 0 spiro atoms. The summed E-state index contributed by atoms with van der Waals surface area (Å²) in [6.45, 7) is 7.50. The summed E-state index contributed by atoms with van der Waals surface area (Å²) in [7, 11) is 3.17. The van der Waals surface area contributed by atoms with Crippen LogP contribution < -0.4 is 16.1 Å². The van der Waals surface area contributed by atoms with E-state index >= 15 is 0 Å². The third-order valence-electron chi connectivity index (χ3n) is 4.69. The number of hydrogen-bond donors (Lipinski definition) is 1. The third kappa shape index (κ3) is 2.39. The summed E-state index contributed by atoms with van der Waals surface area (Å²) in [6, 6.07) is 0. The Bertz CT molecular complexity index is 806. The normalized spacial score (nSPS) is 25.7. The molecule has 1 aliphatic heterocycles. The van der Waals surface area contributed by atoms with Crippen LogP contribution in [-0.2, 0) is 20.8 Å². The van der Waals surface area contributed by atoms with Gasteiger partial charge >= 0.3 is 5.69 Å². The minimum absolute atomic E-state index is 0.270. The van der Waals surface area contributed by atoms with Crippen molar-refractivity contribution in [3.05, 3.63) is 27.2 Å². The van der Waals surface area contributed by atoms with Crippen molar-refractivity contribution in [1.82, 2.24) is 18.7 Å². The lowest BCUT2D eigenvalue weighted by Gasteiger charge is -2.32. The quantitative estimate of drug-likeness (QED) is 0.770. The van der Waals surface area contributed by atoms with Crippen molar-refractivity contribution in [2.75, 3.05) is 13.1 Å². The van der Waals surface area contributed by atoms with Crippen LogP contribution in [-0.4, -0.2) is 31.8 Å². The van der Waals surface area contributed by atoms with Crippen LogP contribution in [0, 0.1) is 11.8 Å². The lowest BCUT2D eigenvalue weighted by molar-refractivity contribution is -0.934. The van der Waals surface area contributed by atoms with Gasteiger partial charge in [0.1, 0.15) is 6.33 Å². The predicted octanol–water partition coefficient (Wildman–Crippen LogP) is -1.05. The van der Waals surface area contributed by atoms with Crippen molar-refractivity contribution in [1.29, 1.82) is 0 Å². The largest absolute Gasteiger partial charge is 0.332 e. The van der Waals surface area contributed by atoms with Crippen molar-refractivity contribution in [2.24, 2.45) is 25.9 Å². The van der Waals surface area contributed by atoms with Crippen LogP contribution in [0.1, 0.15) is 20.3 Å².